The van der Waals surface area contributed by atoms with Crippen molar-refractivity contribution in [1.29, 1.82) is 0 Å². The molecular weight excluding hydrogens is 560 g/mol. The van der Waals surface area contributed by atoms with Crippen LogP contribution in [0.25, 0.3) is 22.5 Å². The number of hydrogen-bond donors (Lipinski definition) is 2. The van der Waals surface area contributed by atoms with Gasteiger partial charge in [0.05, 0.1) is 34.0 Å². The maximum Gasteiger partial charge on any atom is 0.283 e. The second kappa shape index (κ2) is 13.5. The van der Waals surface area contributed by atoms with Gasteiger partial charge in [-0.25, -0.2) is 15.4 Å². The minimum Gasteiger partial charge on any atom is -0.376 e. The number of hydrazone groups is 1. The Kier molecular flexibility index (Phi) is 9.18. The molecule has 0 atom stereocenters. The minimum absolute atomic E-state index is 0.0303. The first-order valence-corrected chi connectivity index (χ1v) is 14.3. The third-order valence-corrected chi connectivity index (χ3v) is 7.52. The molecule has 0 unspecified atom stereocenters. The predicted octanol–water partition coefficient (Wildman–Crippen LogP) is 7.05. The van der Waals surface area contributed by atoms with E-state index in [-0.39, 0.29) is 18.1 Å². The van der Waals surface area contributed by atoms with Crippen molar-refractivity contribution in [1.82, 2.24) is 15.4 Å². The molecule has 0 aliphatic rings. The highest BCUT2D eigenvalue weighted by molar-refractivity contribution is 7.99. The smallest absolute Gasteiger partial charge is 0.283 e. The molecule has 5 rings (SSSR count). The fourth-order valence-corrected chi connectivity index (χ4v) is 5.04. The Balaban J connectivity index is 1.32. The molecule has 4 aromatic carbocycles. The Morgan fingerprint density at radius 1 is 0.860 bits per heavy atom. The van der Waals surface area contributed by atoms with Crippen molar-refractivity contribution in [3.05, 3.63) is 130 Å². The molecule has 0 saturated carbocycles. The number of hydrogen-bond acceptors (Lipinski definition) is 8. The standard InChI is InChI=1S/C33H28N6O3S/c1-22-13-15-27(17-23(22)2)34-21-32(40)38-35-20-24-14-16-31(30(18-24)39(41)42)43-33-36-28(25-9-5-3-6-10-25)19-29(37-33)26-11-7-4-8-12-26/h3-20,34H,21H2,1-2H3,(H,38,40)/b35-20+. The van der Waals surface area contributed by atoms with Crippen LogP contribution >= 0.6 is 11.8 Å². The summed E-state index contributed by atoms with van der Waals surface area (Å²) in [4.78, 5) is 33.6. The quantitative estimate of drug-likeness (QED) is 0.0776. The van der Waals surface area contributed by atoms with Crippen LogP contribution in [0.3, 0.4) is 0 Å². The zero-order valence-corrected chi connectivity index (χ0v) is 24.3. The Morgan fingerprint density at radius 3 is 2.12 bits per heavy atom. The molecule has 0 aliphatic carbocycles. The van der Waals surface area contributed by atoms with Gasteiger partial charge in [-0.1, -0.05) is 72.8 Å². The molecule has 0 aliphatic heterocycles. The first-order valence-electron chi connectivity index (χ1n) is 13.4. The third kappa shape index (κ3) is 7.69. The van der Waals surface area contributed by atoms with E-state index >= 15 is 0 Å². The number of aryl methyl sites for hydroxylation is 2. The maximum absolute atomic E-state index is 12.2. The molecule has 2 N–H and O–H groups in total. The molecule has 0 spiro atoms. The molecule has 214 valence electrons. The van der Waals surface area contributed by atoms with E-state index in [0.717, 1.165) is 34.1 Å². The number of nitrogens with zero attached hydrogens (tertiary/aromatic N) is 4. The highest BCUT2D eigenvalue weighted by Gasteiger charge is 2.18. The number of carbonyl (C=O) groups is 1. The maximum atomic E-state index is 12.2. The van der Waals surface area contributed by atoms with Gasteiger partial charge in [0.15, 0.2) is 5.16 Å². The van der Waals surface area contributed by atoms with E-state index in [2.05, 4.69) is 15.8 Å². The van der Waals surface area contributed by atoms with Gasteiger partial charge in [-0.2, -0.15) is 5.10 Å². The van der Waals surface area contributed by atoms with Crippen LogP contribution < -0.4 is 10.7 Å². The van der Waals surface area contributed by atoms with Crippen LogP contribution in [0.4, 0.5) is 11.4 Å². The summed E-state index contributed by atoms with van der Waals surface area (Å²) in [5.41, 5.74) is 9.17. The molecule has 43 heavy (non-hydrogen) atoms. The van der Waals surface area contributed by atoms with Gasteiger partial charge in [0.2, 0.25) is 0 Å². The van der Waals surface area contributed by atoms with E-state index in [1.54, 1.807) is 12.1 Å². The highest BCUT2D eigenvalue weighted by atomic mass is 32.2. The molecule has 0 radical (unpaired) electrons. The molecular formula is C33H28N6O3S. The van der Waals surface area contributed by atoms with E-state index in [4.69, 9.17) is 9.97 Å². The van der Waals surface area contributed by atoms with E-state index in [1.165, 1.54) is 17.8 Å². The second-order valence-corrected chi connectivity index (χ2v) is 10.7. The number of aromatic nitrogens is 2. The lowest BCUT2D eigenvalue weighted by molar-refractivity contribution is -0.387. The molecule has 1 aromatic heterocycles. The zero-order valence-electron chi connectivity index (χ0n) is 23.5. The third-order valence-electron chi connectivity index (χ3n) is 6.59. The van der Waals surface area contributed by atoms with Gasteiger partial charge in [0.25, 0.3) is 11.6 Å². The number of rotatable bonds is 10. The summed E-state index contributed by atoms with van der Waals surface area (Å²) in [6, 6.07) is 31.9. The summed E-state index contributed by atoms with van der Waals surface area (Å²) in [6.07, 6.45) is 1.37. The monoisotopic (exact) mass is 588 g/mol. The summed E-state index contributed by atoms with van der Waals surface area (Å²) in [5, 5.41) is 19.4. The van der Waals surface area contributed by atoms with Crippen LogP contribution in [-0.2, 0) is 4.79 Å². The lowest BCUT2D eigenvalue weighted by Gasteiger charge is -2.09. The predicted molar refractivity (Wildman–Crippen MR) is 170 cm³/mol. The highest BCUT2D eigenvalue weighted by Crippen LogP contribution is 2.35. The Hall–Kier alpha value is -5.35. The molecule has 5 aromatic rings. The Bertz CT molecular complexity index is 1740. The van der Waals surface area contributed by atoms with Crippen LogP contribution in [0.15, 0.2) is 118 Å². The normalized spacial score (nSPS) is 10.9. The number of carbonyl (C=O) groups excluding carboxylic acids is 1. The van der Waals surface area contributed by atoms with Crippen molar-refractivity contribution < 1.29 is 9.72 Å². The van der Waals surface area contributed by atoms with Crippen LogP contribution in [0, 0.1) is 24.0 Å². The summed E-state index contributed by atoms with van der Waals surface area (Å²) >= 11 is 1.12. The van der Waals surface area contributed by atoms with Gasteiger partial charge in [-0.05, 0) is 61.0 Å². The van der Waals surface area contributed by atoms with Crippen molar-refractivity contribution in [2.24, 2.45) is 5.10 Å². The van der Waals surface area contributed by atoms with Crippen LogP contribution in [0.5, 0.6) is 0 Å². The number of anilines is 1. The van der Waals surface area contributed by atoms with E-state index in [1.807, 2.05) is 98.8 Å². The number of nitro benzene ring substituents is 1. The molecule has 1 amide bonds. The molecule has 1 heterocycles. The lowest BCUT2D eigenvalue weighted by Crippen LogP contribution is -2.25. The van der Waals surface area contributed by atoms with E-state index in [9.17, 15) is 14.9 Å². The average molecular weight is 589 g/mol. The largest absolute Gasteiger partial charge is 0.376 e. The van der Waals surface area contributed by atoms with Gasteiger partial charge < -0.3 is 5.32 Å². The minimum atomic E-state index is -0.453. The van der Waals surface area contributed by atoms with Gasteiger partial charge in [-0.15, -0.1) is 0 Å². The molecule has 9 nitrogen and oxygen atoms in total. The van der Waals surface area contributed by atoms with E-state index < -0.39 is 4.92 Å². The molecule has 10 heteroatoms. The van der Waals surface area contributed by atoms with Gasteiger partial charge in [0, 0.05) is 28.4 Å². The topological polar surface area (TPSA) is 122 Å². The number of nitrogens with one attached hydrogen (secondary N) is 2. The second-order valence-electron chi connectivity index (χ2n) is 9.69. The van der Waals surface area contributed by atoms with Gasteiger partial charge in [-0.3, -0.25) is 14.9 Å². The van der Waals surface area contributed by atoms with Crippen molar-refractivity contribution in [2.75, 3.05) is 11.9 Å². The Labute approximate surface area is 253 Å². The number of amides is 1. The molecule has 0 bridgehead atoms. The first-order chi connectivity index (χ1) is 20.9. The fourth-order valence-electron chi connectivity index (χ4n) is 4.18. The van der Waals surface area contributed by atoms with Crippen molar-refractivity contribution in [3.63, 3.8) is 0 Å². The first kappa shape index (κ1) is 29.2. The fraction of sp³-hybridized carbons (Fsp3) is 0.0909. The molecule has 0 fully saturated rings. The van der Waals surface area contributed by atoms with Gasteiger partial charge >= 0.3 is 0 Å². The number of benzene rings is 4. The SMILES string of the molecule is Cc1ccc(NCC(=O)N/N=C/c2ccc(Sc3nc(-c4ccccc4)cc(-c4ccccc4)n3)c([N+](=O)[O-])c2)cc1C. The van der Waals surface area contributed by atoms with Gasteiger partial charge in [0.1, 0.15) is 0 Å². The summed E-state index contributed by atoms with van der Waals surface area (Å²) in [7, 11) is 0. The summed E-state index contributed by atoms with van der Waals surface area (Å²) < 4.78 is 0. The lowest BCUT2D eigenvalue weighted by atomic mass is 10.1. The zero-order chi connectivity index (χ0) is 30.2. The van der Waals surface area contributed by atoms with Crippen molar-refractivity contribution in [3.8, 4) is 22.5 Å². The van der Waals surface area contributed by atoms with Crippen molar-refractivity contribution in [2.45, 2.75) is 23.9 Å². The molecule has 0 saturated heterocycles. The van der Waals surface area contributed by atoms with Crippen LogP contribution in [0.1, 0.15) is 16.7 Å². The Morgan fingerprint density at radius 2 is 1.51 bits per heavy atom. The van der Waals surface area contributed by atoms with E-state index in [0.29, 0.717) is 27.0 Å². The summed E-state index contributed by atoms with van der Waals surface area (Å²) in [6.45, 7) is 4.06. The average Bonchev–Trinajstić information content (AvgIpc) is 3.03. The summed E-state index contributed by atoms with van der Waals surface area (Å²) in [5.74, 6) is -0.346. The van der Waals surface area contributed by atoms with Crippen LogP contribution in [-0.4, -0.2) is 33.6 Å². The number of nitro groups is 1. The van der Waals surface area contributed by atoms with Crippen molar-refractivity contribution >= 4 is 35.3 Å². The van der Waals surface area contributed by atoms with Crippen LogP contribution in [0.2, 0.25) is 0 Å².